The highest BCUT2D eigenvalue weighted by molar-refractivity contribution is 7.10. The third-order valence-corrected chi connectivity index (χ3v) is 3.04. The summed E-state index contributed by atoms with van der Waals surface area (Å²) in [5.74, 6) is 0.287. The molecule has 0 aromatic carbocycles. The second-order valence-corrected chi connectivity index (χ2v) is 4.46. The molecule has 17 heavy (non-hydrogen) atoms. The molecule has 7 heteroatoms. The van der Waals surface area contributed by atoms with E-state index >= 15 is 0 Å². The zero-order valence-corrected chi connectivity index (χ0v) is 10.1. The van der Waals surface area contributed by atoms with Crippen LogP contribution in [0.5, 0.6) is 0 Å². The molecule has 0 aliphatic rings. The fourth-order valence-electron chi connectivity index (χ4n) is 1.49. The van der Waals surface area contributed by atoms with E-state index in [0.29, 0.717) is 5.56 Å². The van der Waals surface area contributed by atoms with Gasteiger partial charge in [0.1, 0.15) is 16.6 Å². The van der Waals surface area contributed by atoms with Gasteiger partial charge in [0.25, 0.3) is 0 Å². The molecule has 2 rings (SSSR count). The second kappa shape index (κ2) is 4.84. The molecule has 88 valence electrons. The summed E-state index contributed by atoms with van der Waals surface area (Å²) in [6.45, 7) is 2.79. The van der Waals surface area contributed by atoms with Gasteiger partial charge >= 0.3 is 0 Å². The first-order valence-electron chi connectivity index (χ1n) is 5.08. The number of nitrogen functional groups attached to an aromatic ring is 1. The molecule has 2 aromatic heterocycles. The number of aromatic nitrogens is 3. The lowest BCUT2D eigenvalue weighted by Crippen LogP contribution is -2.21. The second-order valence-electron chi connectivity index (χ2n) is 3.69. The van der Waals surface area contributed by atoms with Gasteiger partial charge in [-0.2, -0.15) is 9.64 Å². The zero-order valence-electron chi connectivity index (χ0n) is 9.29. The molecule has 0 spiro atoms. The van der Waals surface area contributed by atoms with E-state index in [9.17, 15) is 0 Å². The van der Waals surface area contributed by atoms with Crippen LogP contribution in [-0.2, 0) is 6.54 Å². The highest BCUT2D eigenvalue weighted by atomic mass is 32.1. The Morgan fingerprint density at radius 1 is 1.71 bits per heavy atom. The Bertz CT molecular complexity index is 523. The summed E-state index contributed by atoms with van der Waals surface area (Å²) in [7, 11) is 0. The van der Waals surface area contributed by atoms with Gasteiger partial charge in [-0.3, -0.25) is 0 Å². The summed E-state index contributed by atoms with van der Waals surface area (Å²) < 4.78 is 5.92. The van der Waals surface area contributed by atoms with Crippen molar-refractivity contribution in [3.63, 3.8) is 0 Å². The number of nitriles is 1. The molecule has 1 atom stereocenters. The number of nitrogens with one attached hydrogen (secondary N) is 1. The molecule has 2 aromatic rings. The predicted octanol–water partition coefficient (Wildman–Crippen LogP) is 1.29. The number of rotatable bonds is 4. The number of hydrogen-bond acceptors (Lipinski definition) is 6. The third-order valence-electron chi connectivity index (χ3n) is 2.25. The molecular weight excluding hydrogens is 236 g/mol. The van der Waals surface area contributed by atoms with Crippen molar-refractivity contribution in [3.05, 3.63) is 24.3 Å². The zero-order chi connectivity index (χ0) is 12.3. The highest BCUT2D eigenvalue weighted by Gasteiger charge is 2.13. The summed E-state index contributed by atoms with van der Waals surface area (Å²) in [5, 5.41) is 12.9. The third kappa shape index (κ3) is 2.54. The standard InChI is InChI=1S/C10H12N6S/c1-7(5-16-3-2-13-6-16)14-10-8(4-11)9(12)15-17-10/h2-3,6-7,14H,5H2,1H3,(H2,12,15). The van der Waals surface area contributed by atoms with E-state index in [0.717, 1.165) is 11.5 Å². The summed E-state index contributed by atoms with van der Waals surface area (Å²) >= 11 is 1.21. The van der Waals surface area contributed by atoms with Gasteiger partial charge in [-0.25, -0.2) is 4.98 Å². The van der Waals surface area contributed by atoms with E-state index in [4.69, 9.17) is 11.0 Å². The van der Waals surface area contributed by atoms with E-state index in [2.05, 4.69) is 14.7 Å². The lowest BCUT2D eigenvalue weighted by Gasteiger charge is -2.13. The van der Waals surface area contributed by atoms with Crippen LogP contribution in [0.1, 0.15) is 12.5 Å². The highest BCUT2D eigenvalue weighted by Crippen LogP contribution is 2.26. The van der Waals surface area contributed by atoms with Crippen LogP contribution in [0.15, 0.2) is 18.7 Å². The Labute approximate surface area is 103 Å². The summed E-state index contributed by atoms with van der Waals surface area (Å²) in [4.78, 5) is 3.97. The molecule has 6 nitrogen and oxygen atoms in total. The SMILES string of the molecule is CC(Cn1ccnc1)Nc1snc(N)c1C#N. The number of hydrogen-bond donors (Lipinski definition) is 2. The molecule has 3 N–H and O–H groups in total. The first-order valence-corrected chi connectivity index (χ1v) is 5.85. The number of nitrogens with zero attached hydrogens (tertiary/aromatic N) is 4. The maximum atomic E-state index is 8.94. The minimum absolute atomic E-state index is 0.163. The van der Waals surface area contributed by atoms with Crippen LogP contribution in [0.4, 0.5) is 10.8 Å². The Balaban J connectivity index is 2.03. The quantitative estimate of drug-likeness (QED) is 0.850. The molecule has 0 aliphatic carbocycles. The lowest BCUT2D eigenvalue weighted by atomic mass is 10.3. The lowest BCUT2D eigenvalue weighted by molar-refractivity contribution is 0.620. The van der Waals surface area contributed by atoms with Gasteiger partial charge in [-0.15, -0.1) is 0 Å². The molecule has 0 amide bonds. The molecule has 0 fully saturated rings. The van der Waals surface area contributed by atoms with Crippen LogP contribution in [0.25, 0.3) is 0 Å². The number of nitrogens with two attached hydrogens (primary N) is 1. The fourth-order valence-corrected chi connectivity index (χ4v) is 2.27. The average molecular weight is 248 g/mol. The van der Waals surface area contributed by atoms with Gasteiger partial charge in [0.05, 0.1) is 6.33 Å². The molecule has 0 saturated carbocycles. The van der Waals surface area contributed by atoms with Crippen LogP contribution >= 0.6 is 11.5 Å². The molecule has 0 saturated heterocycles. The molecule has 0 bridgehead atoms. The first-order chi connectivity index (χ1) is 8.20. The van der Waals surface area contributed by atoms with Crippen molar-refractivity contribution in [2.75, 3.05) is 11.1 Å². The van der Waals surface area contributed by atoms with Crippen molar-refractivity contribution in [2.45, 2.75) is 19.5 Å². The first kappa shape index (κ1) is 11.4. The van der Waals surface area contributed by atoms with E-state index in [-0.39, 0.29) is 11.9 Å². The Hall–Kier alpha value is -2.07. The maximum absolute atomic E-state index is 8.94. The molecule has 1 unspecified atom stereocenters. The number of imidazole rings is 1. The van der Waals surface area contributed by atoms with Gasteiger partial charge in [0.2, 0.25) is 0 Å². The van der Waals surface area contributed by atoms with Crippen LogP contribution in [0, 0.1) is 11.3 Å². The minimum Gasteiger partial charge on any atom is -0.382 e. The van der Waals surface area contributed by atoms with Gasteiger partial charge in [0, 0.05) is 25.0 Å². The smallest absolute Gasteiger partial charge is 0.157 e. The number of anilines is 2. The molecule has 0 aliphatic heterocycles. The average Bonchev–Trinajstić information content (AvgIpc) is 2.89. The van der Waals surface area contributed by atoms with Gasteiger partial charge in [-0.05, 0) is 18.5 Å². The van der Waals surface area contributed by atoms with E-state index in [1.54, 1.807) is 12.5 Å². The van der Waals surface area contributed by atoms with Crippen LogP contribution < -0.4 is 11.1 Å². The van der Waals surface area contributed by atoms with Crippen molar-refractivity contribution in [1.29, 1.82) is 5.26 Å². The van der Waals surface area contributed by atoms with Gasteiger partial charge in [0.15, 0.2) is 5.82 Å². The van der Waals surface area contributed by atoms with Crippen LogP contribution in [0.2, 0.25) is 0 Å². The largest absolute Gasteiger partial charge is 0.382 e. The monoisotopic (exact) mass is 248 g/mol. The Morgan fingerprint density at radius 2 is 2.53 bits per heavy atom. The van der Waals surface area contributed by atoms with E-state index < -0.39 is 0 Å². The fraction of sp³-hybridized carbons (Fsp3) is 0.300. The predicted molar refractivity (Wildman–Crippen MR) is 66.6 cm³/mol. The van der Waals surface area contributed by atoms with Gasteiger partial charge < -0.3 is 15.6 Å². The maximum Gasteiger partial charge on any atom is 0.157 e. The van der Waals surface area contributed by atoms with Crippen molar-refractivity contribution in [3.8, 4) is 6.07 Å². The normalized spacial score (nSPS) is 12.0. The molecule has 0 radical (unpaired) electrons. The van der Waals surface area contributed by atoms with E-state index in [1.807, 2.05) is 23.8 Å². The van der Waals surface area contributed by atoms with Gasteiger partial charge in [-0.1, -0.05) is 0 Å². The van der Waals surface area contributed by atoms with Crippen LogP contribution in [-0.4, -0.2) is 20.0 Å². The molecule has 2 heterocycles. The van der Waals surface area contributed by atoms with E-state index in [1.165, 1.54) is 11.5 Å². The molecular formula is C10H12N6S. The van der Waals surface area contributed by atoms with Crippen molar-refractivity contribution in [2.24, 2.45) is 0 Å². The minimum atomic E-state index is 0.163. The summed E-state index contributed by atoms with van der Waals surface area (Å²) in [5.41, 5.74) is 6.01. The van der Waals surface area contributed by atoms with Crippen molar-refractivity contribution >= 4 is 22.4 Å². The van der Waals surface area contributed by atoms with Crippen molar-refractivity contribution < 1.29 is 0 Å². The Morgan fingerprint density at radius 3 is 3.18 bits per heavy atom. The Kier molecular flexibility index (Phi) is 3.25. The summed E-state index contributed by atoms with van der Waals surface area (Å²) in [6, 6.07) is 2.21. The van der Waals surface area contributed by atoms with Crippen molar-refractivity contribution in [1.82, 2.24) is 13.9 Å². The van der Waals surface area contributed by atoms with Crippen LogP contribution in [0.3, 0.4) is 0 Å². The summed E-state index contributed by atoms with van der Waals surface area (Å²) in [6.07, 6.45) is 5.38. The topological polar surface area (TPSA) is 92.6 Å².